The van der Waals surface area contributed by atoms with Crippen LogP contribution in [-0.2, 0) is 9.59 Å². The zero-order valence-corrected chi connectivity index (χ0v) is 11.4. The molecule has 1 aliphatic heterocycles. The number of rotatable bonds is 7. The Hall–Kier alpha value is -1.59. The maximum absolute atomic E-state index is 12.0. The Morgan fingerprint density at radius 1 is 1.32 bits per heavy atom. The molecule has 19 heavy (non-hydrogen) atoms. The highest BCUT2D eigenvalue weighted by Gasteiger charge is 2.44. The third-order valence-corrected chi connectivity index (χ3v) is 3.48. The summed E-state index contributed by atoms with van der Waals surface area (Å²) in [5.41, 5.74) is 0. The third-order valence-electron chi connectivity index (χ3n) is 3.48. The first-order valence-electron chi connectivity index (χ1n) is 7.01. The molecular formula is C13H21N3O3. The fraction of sp³-hybridized carbons (Fsp3) is 0.769. The highest BCUT2D eigenvalue weighted by atomic mass is 16.2. The molecule has 6 nitrogen and oxygen atoms in total. The molecule has 1 heterocycles. The van der Waals surface area contributed by atoms with Crippen molar-refractivity contribution in [3.8, 4) is 0 Å². The number of hydrogen-bond donors (Lipinski definition) is 1. The quantitative estimate of drug-likeness (QED) is 0.546. The molecule has 2 aliphatic rings. The summed E-state index contributed by atoms with van der Waals surface area (Å²) in [4.78, 5) is 38.0. The van der Waals surface area contributed by atoms with Gasteiger partial charge in [-0.15, -0.1) is 0 Å². The number of carbonyl (C=O) groups excluding carboxylic acids is 3. The topological polar surface area (TPSA) is 69.7 Å². The van der Waals surface area contributed by atoms with Crippen LogP contribution in [0.2, 0.25) is 0 Å². The van der Waals surface area contributed by atoms with Crippen LogP contribution in [0.3, 0.4) is 0 Å². The standard InChI is InChI=1S/C13H21N3O3/c1-2-3-4-7-14-11(17)8-16-12(18)9-15(13(16)19)10-5-6-10/h10H,2-9H2,1H3,(H,14,17). The SMILES string of the molecule is CCCCCNC(=O)CN1C(=O)CN(C2CC2)C1=O. The second-order valence-electron chi connectivity index (χ2n) is 5.18. The summed E-state index contributed by atoms with van der Waals surface area (Å²) in [5, 5.41) is 2.74. The van der Waals surface area contributed by atoms with E-state index in [-0.39, 0.29) is 37.0 Å². The summed E-state index contributed by atoms with van der Waals surface area (Å²) in [6.45, 7) is 2.69. The van der Waals surface area contributed by atoms with Gasteiger partial charge < -0.3 is 10.2 Å². The first kappa shape index (κ1) is 13.8. The third kappa shape index (κ3) is 3.45. The Morgan fingerprint density at radius 2 is 2.05 bits per heavy atom. The summed E-state index contributed by atoms with van der Waals surface area (Å²) in [6, 6.07) is -0.0923. The Kier molecular flexibility index (Phi) is 4.39. The first-order valence-corrected chi connectivity index (χ1v) is 7.01. The van der Waals surface area contributed by atoms with Crippen molar-refractivity contribution in [1.29, 1.82) is 0 Å². The average Bonchev–Trinajstić information content (AvgIpc) is 3.18. The van der Waals surface area contributed by atoms with Gasteiger partial charge in [0.2, 0.25) is 5.91 Å². The fourth-order valence-electron chi connectivity index (χ4n) is 2.19. The van der Waals surface area contributed by atoms with Gasteiger partial charge in [0.05, 0.1) is 0 Å². The minimum Gasteiger partial charge on any atom is -0.355 e. The van der Waals surface area contributed by atoms with Crippen LogP contribution in [0.1, 0.15) is 39.0 Å². The van der Waals surface area contributed by atoms with E-state index in [0.717, 1.165) is 37.0 Å². The van der Waals surface area contributed by atoms with E-state index in [1.165, 1.54) is 0 Å². The Labute approximate surface area is 113 Å². The highest BCUT2D eigenvalue weighted by Crippen LogP contribution is 2.30. The number of nitrogens with zero attached hydrogens (tertiary/aromatic N) is 2. The van der Waals surface area contributed by atoms with Gasteiger partial charge in [0.1, 0.15) is 13.1 Å². The Morgan fingerprint density at radius 3 is 2.68 bits per heavy atom. The molecule has 1 aliphatic carbocycles. The van der Waals surface area contributed by atoms with Gasteiger partial charge in [-0.25, -0.2) is 4.79 Å². The van der Waals surface area contributed by atoms with Crippen molar-refractivity contribution < 1.29 is 14.4 Å². The van der Waals surface area contributed by atoms with Gasteiger partial charge in [-0.2, -0.15) is 0 Å². The molecule has 0 aromatic carbocycles. The molecule has 0 unspecified atom stereocenters. The molecule has 106 valence electrons. The molecule has 0 atom stereocenters. The predicted molar refractivity (Wildman–Crippen MR) is 69.4 cm³/mol. The number of unbranched alkanes of at least 4 members (excludes halogenated alkanes) is 2. The van der Waals surface area contributed by atoms with Crippen molar-refractivity contribution >= 4 is 17.8 Å². The van der Waals surface area contributed by atoms with E-state index in [9.17, 15) is 14.4 Å². The number of hydrogen-bond acceptors (Lipinski definition) is 3. The minimum atomic E-state index is -0.309. The van der Waals surface area contributed by atoms with Crippen LogP contribution < -0.4 is 5.32 Å². The fourth-order valence-corrected chi connectivity index (χ4v) is 2.19. The van der Waals surface area contributed by atoms with E-state index in [1.807, 2.05) is 0 Å². The smallest absolute Gasteiger partial charge is 0.327 e. The second-order valence-corrected chi connectivity index (χ2v) is 5.18. The summed E-state index contributed by atoms with van der Waals surface area (Å²) in [7, 11) is 0. The van der Waals surface area contributed by atoms with Crippen molar-refractivity contribution in [3.63, 3.8) is 0 Å². The van der Waals surface area contributed by atoms with Crippen LogP contribution in [-0.4, -0.2) is 53.3 Å². The largest absolute Gasteiger partial charge is 0.355 e. The van der Waals surface area contributed by atoms with Crippen molar-refractivity contribution in [1.82, 2.24) is 15.1 Å². The lowest BCUT2D eigenvalue weighted by Crippen LogP contribution is -2.42. The number of urea groups is 1. The maximum atomic E-state index is 12.0. The lowest BCUT2D eigenvalue weighted by Gasteiger charge is -2.16. The van der Waals surface area contributed by atoms with Crippen LogP contribution in [0.15, 0.2) is 0 Å². The van der Waals surface area contributed by atoms with Crippen LogP contribution in [0.5, 0.6) is 0 Å². The van der Waals surface area contributed by atoms with Crippen LogP contribution >= 0.6 is 0 Å². The minimum absolute atomic E-state index is 0.132. The van der Waals surface area contributed by atoms with E-state index >= 15 is 0 Å². The van der Waals surface area contributed by atoms with Crippen molar-refractivity contribution in [2.75, 3.05) is 19.6 Å². The molecule has 0 aromatic rings. The average molecular weight is 267 g/mol. The normalized spacial score (nSPS) is 19.2. The highest BCUT2D eigenvalue weighted by molar-refractivity contribution is 6.04. The van der Waals surface area contributed by atoms with E-state index in [4.69, 9.17) is 0 Å². The van der Waals surface area contributed by atoms with Crippen LogP contribution in [0.4, 0.5) is 4.79 Å². The van der Waals surface area contributed by atoms with Gasteiger partial charge in [0.25, 0.3) is 5.91 Å². The lowest BCUT2D eigenvalue weighted by atomic mass is 10.2. The first-order chi connectivity index (χ1) is 9.13. The molecular weight excluding hydrogens is 246 g/mol. The molecule has 1 N–H and O–H groups in total. The summed E-state index contributed by atoms with van der Waals surface area (Å²) < 4.78 is 0. The molecule has 2 rings (SSSR count). The second kappa shape index (κ2) is 6.04. The van der Waals surface area contributed by atoms with Gasteiger partial charge in [-0.3, -0.25) is 14.5 Å². The molecule has 1 saturated heterocycles. The molecule has 0 radical (unpaired) electrons. The summed E-state index contributed by atoms with van der Waals surface area (Å²) in [5.74, 6) is -0.518. The van der Waals surface area contributed by atoms with Gasteiger partial charge in [-0.1, -0.05) is 19.8 Å². The molecule has 4 amide bonds. The van der Waals surface area contributed by atoms with E-state index in [2.05, 4.69) is 12.2 Å². The van der Waals surface area contributed by atoms with Gasteiger partial charge >= 0.3 is 6.03 Å². The van der Waals surface area contributed by atoms with Crippen molar-refractivity contribution in [2.24, 2.45) is 0 Å². The number of imide groups is 1. The maximum Gasteiger partial charge on any atom is 0.327 e. The summed E-state index contributed by atoms with van der Waals surface area (Å²) >= 11 is 0. The zero-order valence-electron chi connectivity index (χ0n) is 11.4. The van der Waals surface area contributed by atoms with Crippen molar-refractivity contribution in [2.45, 2.75) is 45.1 Å². The lowest BCUT2D eigenvalue weighted by molar-refractivity contribution is -0.130. The van der Waals surface area contributed by atoms with E-state index in [1.54, 1.807) is 4.90 Å². The van der Waals surface area contributed by atoms with E-state index in [0.29, 0.717) is 6.54 Å². The molecule has 2 fully saturated rings. The van der Waals surface area contributed by atoms with Gasteiger partial charge in [0, 0.05) is 12.6 Å². The van der Waals surface area contributed by atoms with Crippen LogP contribution in [0.25, 0.3) is 0 Å². The Bertz CT molecular complexity index is 379. The number of carbonyl (C=O) groups is 3. The number of amides is 4. The van der Waals surface area contributed by atoms with Crippen LogP contribution in [0, 0.1) is 0 Å². The molecule has 0 spiro atoms. The Balaban J connectivity index is 1.76. The van der Waals surface area contributed by atoms with E-state index < -0.39 is 0 Å². The van der Waals surface area contributed by atoms with Gasteiger partial charge in [0.15, 0.2) is 0 Å². The molecule has 6 heteroatoms. The molecule has 1 saturated carbocycles. The monoisotopic (exact) mass is 267 g/mol. The number of nitrogens with one attached hydrogen (secondary N) is 1. The van der Waals surface area contributed by atoms with Crippen molar-refractivity contribution in [3.05, 3.63) is 0 Å². The molecule has 0 aromatic heterocycles. The summed E-state index contributed by atoms with van der Waals surface area (Å²) in [6.07, 6.45) is 5.02. The zero-order chi connectivity index (χ0) is 13.8. The van der Waals surface area contributed by atoms with Gasteiger partial charge in [-0.05, 0) is 19.3 Å². The molecule has 0 bridgehead atoms. The predicted octanol–water partition coefficient (Wildman–Crippen LogP) is 0.719.